The number of carbonyl (C=O) groups is 1. The Balaban J connectivity index is 2.28. The molecule has 1 atom stereocenters. The summed E-state index contributed by atoms with van der Waals surface area (Å²) in [6.07, 6.45) is 1.80. The van der Waals surface area contributed by atoms with E-state index in [0.29, 0.717) is 25.9 Å². The van der Waals surface area contributed by atoms with Crippen molar-refractivity contribution >= 4 is 17.4 Å². The number of aromatic nitrogens is 2. The van der Waals surface area contributed by atoms with Crippen molar-refractivity contribution in [1.82, 2.24) is 14.5 Å². The van der Waals surface area contributed by atoms with Crippen LogP contribution in [-0.4, -0.2) is 40.0 Å². The number of nitrogens with two attached hydrogens (primary N) is 1. The molecule has 116 valence electrons. The van der Waals surface area contributed by atoms with E-state index in [4.69, 9.17) is 5.73 Å². The van der Waals surface area contributed by atoms with Gasteiger partial charge in [-0.05, 0) is 12.8 Å². The first-order valence-electron chi connectivity index (χ1n) is 7.07. The summed E-state index contributed by atoms with van der Waals surface area (Å²) in [6, 6.07) is -0.0521. The molecule has 2 heterocycles. The second-order valence-electron chi connectivity index (χ2n) is 5.33. The molecular formula is C13H21N5O3. The van der Waals surface area contributed by atoms with Gasteiger partial charge in [0.05, 0.1) is 0 Å². The Kier molecular flexibility index (Phi) is 4.35. The van der Waals surface area contributed by atoms with Crippen molar-refractivity contribution < 1.29 is 4.79 Å². The minimum atomic E-state index is -0.524. The molecule has 1 amide bonds. The van der Waals surface area contributed by atoms with Crippen molar-refractivity contribution in [2.45, 2.75) is 38.8 Å². The Morgan fingerprint density at radius 2 is 2.10 bits per heavy atom. The second-order valence-corrected chi connectivity index (χ2v) is 5.33. The van der Waals surface area contributed by atoms with Crippen LogP contribution in [0, 0.1) is 0 Å². The summed E-state index contributed by atoms with van der Waals surface area (Å²) in [5.74, 6) is 0.232. The van der Waals surface area contributed by atoms with Gasteiger partial charge in [0.25, 0.3) is 5.56 Å². The molecule has 21 heavy (non-hydrogen) atoms. The molecule has 1 aliphatic rings. The maximum atomic E-state index is 11.9. The fourth-order valence-corrected chi connectivity index (χ4v) is 2.51. The maximum Gasteiger partial charge on any atom is 0.330 e. The molecule has 0 aromatic carbocycles. The lowest BCUT2D eigenvalue weighted by Crippen LogP contribution is -2.45. The Morgan fingerprint density at radius 3 is 2.71 bits per heavy atom. The molecule has 1 aromatic rings. The molecule has 8 nitrogen and oxygen atoms in total. The smallest absolute Gasteiger partial charge is 0.330 e. The average Bonchev–Trinajstić information content (AvgIpc) is 2.43. The molecule has 0 radical (unpaired) electrons. The van der Waals surface area contributed by atoms with Gasteiger partial charge in [0.2, 0.25) is 5.91 Å². The van der Waals surface area contributed by atoms with E-state index in [1.54, 1.807) is 11.9 Å². The lowest BCUT2D eigenvalue weighted by atomic mass is 10.1. The van der Waals surface area contributed by atoms with Gasteiger partial charge >= 0.3 is 5.69 Å². The summed E-state index contributed by atoms with van der Waals surface area (Å²) in [4.78, 5) is 39.0. The molecule has 1 unspecified atom stereocenters. The Labute approximate surface area is 121 Å². The molecular weight excluding hydrogens is 274 g/mol. The van der Waals surface area contributed by atoms with E-state index in [1.807, 2.05) is 6.92 Å². The van der Waals surface area contributed by atoms with Gasteiger partial charge in [0.15, 0.2) is 0 Å². The number of nitrogens with zero attached hydrogens (tertiary/aromatic N) is 2. The molecule has 0 bridgehead atoms. The zero-order chi connectivity index (χ0) is 15.6. The van der Waals surface area contributed by atoms with Crippen LogP contribution < -0.4 is 22.3 Å². The number of nitrogens with one attached hydrogen (secondary N) is 2. The first-order chi connectivity index (χ1) is 9.93. The maximum absolute atomic E-state index is 11.9. The van der Waals surface area contributed by atoms with Gasteiger partial charge in [0, 0.05) is 32.6 Å². The number of hydrogen-bond acceptors (Lipinski definition) is 5. The zero-order valence-electron chi connectivity index (χ0n) is 12.3. The Hall–Kier alpha value is -2.25. The standard InChI is InChI=1S/C13H21N5O3/c1-3-6-18-11(14)10(12(20)16-13(18)21)15-8-4-5-9(19)17(2)7-8/h8,15H,3-7,14H2,1-2H3,(H,16,20,21). The zero-order valence-corrected chi connectivity index (χ0v) is 12.3. The predicted molar refractivity (Wildman–Crippen MR) is 80.3 cm³/mol. The average molecular weight is 295 g/mol. The monoisotopic (exact) mass is 295 g/mol. The number of piperidine rings is 1. The number of carbonyl (C=O) groups excluding carboxylic acids is 1. The summed E-state index contributed by atoms with van der Waals surface area (Å²) in [5, 5.41) is 3.07. The van der Waals surface area contributed by atoms with E-state index in [0.717, 1.165) is 6.42 Å². The van der Waals surface area contributed by atoms with E-state index in [-0.39, 0.29) is 23.5 Å². The van der Waals surface area contributed by atoms with E-state index in [9.17, 15) is 14.4 Å². The first-order valence-corrected chi connectivity index (χ1v) is 7.07. The van der Waals surface area contributed by atoms with E-state index in [2.05, 4.69) is 10.3 Å². The minimum absolute atomic E-state index is 0.0521. The van der Waals surface area contributed by atoms with E-state index < -0.39 is 11.2 Å². The number of rotatable bonds is 4. The molecule has 8 heteroatoms. The van der Waals surface area contributed by atoms with Crippen molar-refractivity contribution in [2.24, 2.45) is 0 Å². The van der Waals surface area contributed by atoms with E-state index in [1.165, 1.54) is 4.57 Å². The highest BCUT2D eigenvalue weighted by Gasteiger charge is 2.24. The topological polar surface area (TPSA) is 113 Å². The molecule has 0 spiro atoms. The first kappa shape index (κ1) is 15.1. The third kappa shape index (κ3) is 3.09. The Bertz CT molecular complexity index is 648. The highest BCUT2D eigenvalue weighted by Crippen LogP contribution is 2.17. The van der Waals surface area contributed by atoms with Crippen LogP contribution in [0.25, 0.3) is 0 Å². The third-order valence-electron chi connectivity index (χ3n) is 3.66. The number of aromatic amines is 1. The number of amides is 1. The molecule has 2 rings (SSSR count). The summed E-state index contributed by atoms with van der Waals surface area (Å²) in [5.41, 5.74) is 5.13. The Morgan fingerprint density at radius 1 is 1.38 bits per heavy atom. The summed E-state index contributed by atoms with van der Waals surface area (Å²) in [7, 11) is 1.72. The van der Waals surface area contributed by atoms with Crippen molar-refractivity contribution in [2.75, 3.05) is 24.6 Å². The minimum Gasteiger partial charge on any atom is -0.383 e. The van der Waals surface area contributed by atoms with Crippen LogP contribution in [0.1, 0.15) is 26.2 Å². The van der Waals surface area contributed by atoms with Crippen molar-refractivity contribution in [3.8, 4) is 0 Å². The van der Waals surface area contributed by atoms with Crippen LogP contribution in [0.5, 0.6) is 0 Å². The predicted octanol–water partition coefficient (Wildman–Crippen LogP) is -0.438. The number of hydrogen-bond donors (Lipinski definition) is 3. The van der Waals surface area contributed by atoms with Crippen molar-refractivity contribution in [3.05, 3.63) is 20.8 Å². The fraction of sp³-hybridized carbons (Fsp3) is 0.615. The quantitative estimate of drug-likeness (QED) is 0.697. The molecule has 1 aromatic heterocycles. The molecule has 4 N–H and O–H groups in total. The number of anilines is 2. The number of likely N-dealkylation sites (tertiary alicyclic amines) is 1. The van der Waals surface area contributed by atoms with Gasteiger partial charge in [-0.25, -0.2) is 4.79 Å². The van der Waals surface area contributed by atoms with Crippen LogP contribution in [0.15, 0.2) is 9.59 Å². The van der Waals surface area contributed by atoms with Crippen LogP contribution in [0.2, 0.25) is 0 Å². The van der Waals surface area contributed by atoms with Crippen molar-refractivity contribution in [1.29, 1.82) is 0 Å². The lowest BCUT2D eigenvalue weighted by molar-refractivity contribution is -0.132. The highest BCUT2D eigenvalue weighted by atomic mass is 16.2. The van der Waals surface area contributed by atoms with Gasteiger partial charge in [-0.1, -0.05) is 6.92 Å². The largest absolute Gasteiger partial charge is 0.383 e. The van der Waals surface area contributed by atoms with Crippen LogP contribution in [-0.2, 0) is 11.3 Å². The van der Waals surface area contributed by atoms with Gasteiger partial charge in [-0.2, -0.15) is 0 Å². The lowest BCUT2D eigenvalue weighted by Gasteiger charge is -2.31. The van der Waals surface area contributed by atoms with Crippen LogP contribution in [0.3, 0.4) is 0 Å². The highest BCUT2D eigenvalue weighted by molar-refractivity contribution is 5.77. The van der Waals surface area contributed by atoms with Crippen molar-refractivity contribution in [3.63, 3.8) is 0 Å². The summed E-state index contributed by atoms with van der Waals surface area (Å²) >= 11 is 0. The number of H-pyrrole nitrogens is 1. The molecule has 0 aliphatic carbocycles. The normalized spacial score (nSPS) is 18.9. The summed E-state index contributed by atoms with van der Waals surface area (Å²) in [6.45, 7) is 2.87. The van der Waals surface area contributed by atoms with E-state index >= 15 is 0 Å². The fourth-order valence-electron chi connectivity index (χ4n) is 2.51. The number of nitrogen functional groups attached to an aromatic ring is 1. The van der Waals surface area contributed by atoms with Gasteiger partial charge in [-0.15, -0.1) is 0 Å². The second kappa shape index (κ2) is 6.02. The van der Waals surface area contributed by atoms with Gasteiger partial charge in [0.1, 0.15) is 11.5 Å². The van der Waals surface area contributed by atoms with Gasteiger partial charge < -0.3 is 16.0 Å². The molecule has 1 saturated heterocycles. The SMILES string of the molecule is CCCn1c(N)c(NC2CCC(=O)N(C)C2)c(=O)[nH]c1=O. The van der Waals surface area contributed by atoms with Crippen LogP contribution >= 0.6 is 0 Å². The molecule has 0 saturated carbocycles. The third-order valence-corrected chi connectivity index (χ3v) is 3.66. The summed E-state index contributed by atoms with van der Waals surface area (Å²) < 4.78 is 1.35. The van der Waals surface area contributed by atoms with Gasteiger partial charge in [-0.3, -0.25) is 19.1 Å². The number of likely N-dealkylation sites (N-methyl/N-ethyl adjacent to an activating group) is 1. The van der Waals surface area contributed by atoms with Crippen LogP contribution in [0.4, 0.5) is 11.5 Å². The molecule has 1 fully saturated rings. The molecule has 1 aliphatic heterocycles.